The van der Waals surface area contributed by atoms with Gasteiger partial charge in [0.15, 0.2) is 0 Å². The van der Waals surface area contributed by atoms with Crippen LogP contribution in [-0.2, 0) is 25.9 Å². The van der Waals surface area contributed by atoms with Gasteiger partial charge in [-0.05, 0) is 43.0 Å². The van der Waals surface area contributed by atoms with Crippen LogP contribution in [0.4, 0.5) is 0 Å². The molecule has 0 atom stereocenters. The van der Waals surface area contributed by atoms with Crippen molar-refractivity contribution in [3.8, 4) is 17.0 Å². The Labute approximate surface area is 181 Å². The largest absolute Gasteiger partial charge is 0.496 e. The van der Waals surface area contributed by atoms with Gasteiger partial charge in [0.1, 0.15) is 5.75 Å². The Bertz CT molecular complexity index is 944. The van der Waals surface area contributed by atoms with Crippen molar-refractivity contribution >= 4 is 0 Å². The molecule has 0 bridgehead atoms. The number of nitrogens with zero attached hydrogens (tertiary/aromatic N) is 2. The van der Waals surface area contributed by atoms with Gasteiger partial charge >= 0.3 is 0 Å². The maximum Gasteiger partial charge on any atom is 0.127 e. The maximum absolute atomic E-state index is 5.86. The van der Waals surface area contributed by atoms with Crippen LogP contribution in [0, 0.1) is 6.92 Å². The highest BCUT2D eigenvalue weighted by atomic mass is 16.5. The molecule has 0 radical (unpaired) electrons. The van der Waals surface area contributed by atoms with Gasteiger partial charge in [-0.1, -0.05) is 69.3 Å². The summed E-state index contributed by atoms with van der Waals surface area (Å²) in [4.78, 5) is 7.49. The molecule has 3 rings (SSSR count). The molecule has 158 valence electrons. The summed E-state index contributed by atoms with van der Waals surface area (Å²) in [5, 5.41) is 0. The number of aryl methyl sites for hydroxylation is 3. The van der Waals surface area contributed by atoms with Crippen LogP contribution < -0.4 is 4.74 Å². The number of pyridine rings is 1. The fourth-order valence-electron chi connectivity index (χ4n) is 4.09. The molecular formula is C27H34N2O. The van der Waals surface area contributed by atoms with E-state index in [2.05, 4.69) is 87.2 Å². The lowest BCUT2D eigenvalue weighted by Crippen LogP contribution is -2.23. The first-order valence-corrected chi connectivity index (χ1v) is 11.0. The molecule has 2 aromatic carbocycles. The van der Waals surface area contributed by atoms with Crippen molar-refractivity contribution in [3.05, 3.63) is 82.5 Å². The van der Waals surface area contributed by atoms with Gasteiger partial charge in [-0.15, -0.1) is 0 Å². The predicted octanol–water partition coefficient (Wildman–Crippen LogP) is 6.21. The van der Waals surface area contributed by atoms with Crippen LogP contribution in [0.15, 0.2) is 54.6 Å². The molecule has 0 spiro atoms. The highest BCUT2D eigenvalue weighted by molar-refractivity contribution is 5.70. The predicted molar refractivity (Wildman–Crippen MR) is 126 cm³/mol. The quantitative estimate of drug-likeness (QED) is 0.425. The molecular weight excluding hydrogens is 368 g/mol. The Morgan fingerprint density at radius 3 is 2.10 bits per heavy atom. The van der Waals surface area contributed by atoms with Gasteiger partial charge in [0, 0.05) is 36.0 Å². The Hall–Kier alpha value is -2.65. The molecule has 1 aromatic heterocycles. The second-order valence-corrected chi connectivity index (χ2v) is 7.72. The van der Waals surface area contributed by atoms with Crippen molar-refractivity contribution in [2.75, 3.05) is 13.7 Å². The van der Waals surface area contributed by atoms with Gasteiger partial charge in [-0.2, -0.15) is 0 Å². The molecule has 1 heterocycles. The highest BCUT2D eigenvalue weighted by Gasteiger charge is 2.17. The maximum atomic E-state index is 5.86. The zero-order valence-electron chi connectivity index (χ0n) is 19.0. The number of ether oxygens (including phenoxy) is 1. The standard InChI is InChI=1S/C27H34N2O/c1-6-22-15-12-16-23(7-2)27(22)25-17-26(30-5)24(20(4)28-25)19-29(8-3)18-21-13-10-9-11-14-21/h9-17H,6-8,18-19H2,1-5H3. The summed E-state index contributed by atoms with van der Waals surface area (Å²) >= 11 is 0. The third kappa shape index (κ3) is 4.91. The Kier molecular flexibility index (Phi) is 7.64. The van der Waals surface area contributed by atoms with Gasteiger partial charge in [0.05, 0.1) is 12.8 Å². The van der Waals surface area contributed by atoms with Crippen LogP contribution in [0.1, 0.15) is 48.7 Å². The summed E-state index contributed by atoms with van der Waals surface area (Å²) in [6.45, 7) is 11.4. The van der Waals surface area contributed by atoms with Gasteiger partial charge < -0.3 is 4.74 Å². The van der Waals surface area contributed by atoms with Crippen molar-refractivity contribution < 1.29 is 4.74 Å². The number of hydrogen-bond donors (Lipinski definition) is 0. The third-order valence-electron chi connectivity index (χ3n) is 5.84. The molecule has 0 fully saturated rings. The summed E-state index contributed by atoms with van der Waals surface area (Å²) in [5.74, 6) is 0.928. The van der Waals surface area contributed by atoms with Gasteiger partial charge in [-0.25, -0.2) is 0 Å². The zero-order chi connectivity index (χ0) is 21.5. The SMILES string of the molecule is CCc1cccc(CC)c1-c1cc(OC)c(CN(CC)Cc2ccccc2)c(C)n1. The molecule has 3 heteroatoms. The Balaban J connectivity index is 1.97. The van der Waals surface area contributed by atoms with Gasteiger partial charge in [0.2, 0.25) is 0 Å². The number of benzene rings is 2. The summed E-state index contributed by atoms with van der Waals surface area (Å²) in [5.41, 5.74) is 8.52. The Morgan fingerprint density at radius 2 is 1.53 bits per heavy atom. The molecule has 0 aliphatic carbocycles. The van der Waals surface area contributed by atoms with Crippen molar-refractivity contribution in [2.45, 2.75) is 53.6 Å². The molecule has 0 N–H and O–H groups in total. The third-order valence-corrected chi connectivity index (χ3v) is 5.84. The fraction of sp³-hybridized carbons (Fsp3) is 0.370. The van der Waals surface area contributed by atoms with Crippen molar-refractivity contribution in [1.29, 1.82) is 0 Å². The molecule has 3 nitrogen and oxygen atoms in total. The second-order valence-electron chi connectivity index (χ2n) is 7.72. The van der Waals surface area contributed by atoms with Crippen molar-refractivity contribution in [2.24, 2.45) is 0 Å². The van der Waals surface area contributed by atoms with Gasteiger partial charge in [0.25, 0.3) is 0 Å². The summed E-state index contributed by atoms with van der Waals surface area (Å²) < 4.78 is 5.86. The number of methoxy groups -OCH3 is 1. The van der Waals surface area contributed by atoms with E-state index >= 15 is 0 Å². The van der Waals surface area contributed by atoms with E-state index in [9.17, 15) is 0 Å². The monoisotopic (exact) mass is 402 g/mol. The lowest BCUT2D eigenvalue weighted by molar-refractivity contribution is 0.265. The number of rotatable bonds is 9. The Morgan fingerprint density at radius 1 is 0.867 bits per heavy atom. The van der Waals surface area contributed by atoms with Crippen LogP contribution in [0.2, 0.25) is 0 Å². The molecule has 3 aromatic rings. The molecule has 0 saturated heterocycles. The topological polar surface area (TPSA) is 25.4 Å². The minimum absolute atomic E-state index is 0.823. The number of aromatic nitrogens is 1. The smallest absolute Gasteiger partial charge is 0.127 e. The molecule has 30 heavy (non-hydrogen) atoms. The van der Waals surface area contributed by atoms with Crippen molar-refractivity contribution in [3.63, 3.8) is 0 Å². The molecule has 0 amide bonds. The molecule has 0 aliphatic rings. The number of hydrogen-bond acceptors (Lipinski definition) is 3. The minimum atomic E-state index is 0.823. The first-order valence-electron chi connectivity index (χ1n) is 11.0. The van der Waals surface area contributed by atoms with E-state index in [1.54, 1.807) is 7.11 Å². The van der Waals surface area contributed by atoms with E-state index in [0.29, 0.717) is 0 Å². The van der Waals surface area contributed by atoms with E-state index in [-0.39, 0.29) is 0 Å². The van der Waals surface area contributed by atoms with E-state index in [1.165, 1.54) is 27.8 Å². The molecule has 0 aliphatic heterocycles. The average molecular weight is 403 g/mol. The first-order chi connectivity index (χ1) is 14.6. The summed E-state index contributed by atoms with van der Waals surface area (Å²) in [7, 11) is 1.77. The van der Waals surface area contributed by atoms with Crippen LogP contribution in [0.5, 0.6) is 5.75 Å². The lowest BCUT2D eigenvalue weighted by atomic mass is 9.94. The van der Waals surface area contributed by atoms with E-state index in [4.69, 9.17) is 9.72 Å². The van der Waals surface area contributed by atoms with Crippen LogP contribution in [0.3, 0.4) is 0 Å². The van der Waals surface area contributed by atoms with Crippen LogP contribution in [0.25, 0.3) is 11.3 Å². The average Bonchev–Trinajstić information content (AvgIpc) is 2.79. The highest BCUT2D eigenvalue weighted by Crippen LogP contribution is 2.33. The van der Waals surface area contributed by atoms with E-state index < -0.39 is 0 Å². The molecule has 0 unspecified atom stereocenters. The first kappa shape index (κ1) is 22.0. The van der Waals surface area contributed by atoms with E-state index in [0.717, 1.165) is 49.6 Å². The normalized spacial score (nSPS) is 11.1. The fourth-order valence-corrected chi connectivity index (χ4v) is 4.09. The van der Waals surface area contributed by atoms with Crippen LogP contribution in [-0.4, -0.2) is 23.5 Å². The zero-order valence-corrected chi connectivity index (χ0v) is 19.0. The molecule has 0 saturated carbocycles. The van der Waals surface area contributed by atoms with E-state index in [1.807, 2.05) is 0 Å². The minimum Gasteiger partial charge on any atom is -0.496 e. The van der Waals surface area contributed by atoms with Crippen LogP contribution >= 0.6 is 0 Å². The lowest BCUT2D eigenvalue weighted by Gasteiger charge is -2.23. The summed E-state index contributed by atoms with van der Waals surface area (Å²) in [6, 6.07) is 19.3. The van der Waals surface area contributed by atoms with Crippen molar-refractivity contribution in [1.82, 2.24) is 9.88 Å². The summed E-state index contributed by atoms with van der Waals surface area (Å²) in [6.07, 6.45) is 1.99. The second kappa shape index (κ2) is 10.4. The van der Waals surface area contributed by atoms with Gasteiger partial charge in [-0.3, -0.25) is 9.88 Å².